The largest absolute Gasteiger partial charge is 0.435 e. The highest BCUT2D eigenvalue weighted by molar-refractivity contribution is 7.07. The van der Waals surface area contributed by atoms with Gasteiger partial charge < -0.3 is 14.4 Å². The second kappa shape index (κ2) is 7.01. The van der Waals surface area contributed by atoms with E-state index in [4.69, 9.17) is 4.74 Å². The van der Waals surface area contributed by atoms with Gasteiger partial charge in [-0.2, -0.15) is 8.78 Å². The maximum Gasteiger partial charge on any atom is 0.387 e. The predicted octanol–water partition coefficient (Wildman–Crippen LogP) is 2.96. The van der Waals surface area contributed by atoms with E-state index in [1.807, 2.05) is 0 Å². The highest BCUT2D eigenvalue weighted by atomic mass is 32.1. The molecule has 1 aliphatic rings. The van der Waals surface area contributed by atoms with E-state index in [0.29, 0.717) is 31.0 Å². The van der Waals surface area contributed by atoms with Gasteiger partial charge in [0.05, 0.1) is 18.7 Å². The summed E-state index contributed by atoms with van der Waals surface area (Å²) >= 11 is 1.36. The summed E-state index contributed by atoms with van der Waals surface area (Å²) in [5.41, 5.74) is 2.71. The number of ether oxygens (including phenoxy) is 2. The van der Waals surface area contributed by atoms with Gasteiger partial charge in [-0.3, -0.25) is 4.79 Å². The summed E-state index contributed by atoms with van der Waals surface area (Å²) < 4.78 is 34.7. The van der Waals surface area contributed by atoms with E-state index in [2.05, 4.69) is 9.72 Å². The fraction of sp³-hybridized carbons (Fsp3) is 0.333. The lowest BCUT2D eigenvalue weighted by Gasteiger charge is -2.33. The molecule has 1 saturated heterocycles. The Kier molecular flexibility index (Phi) is 4.82. The Bertz CT molecular complexity index is 667. The third-order valence-corrected chi connectivity index (χ3v) is 4.05. The molecule has 2 heterocycles. The molecule has 1 aromatic carbocycles. The first-order valence-electron chi connectivity index (χ1n) is 6.97. The van der Waals surface area contributed by atoms with E-state index in [0.717, 1.165) is 0 Å². The van der Waals surface area contributed by atoms with Gasteiger partial charge >= 0.3 is 6.61 Å². The first-order valence-corrected chi connectivity index (χ1v) is 7.91. The monoisotopic (exact) mass is 340 g/mol. The van der Waals surface area contributed by atoms with Crippen LogP contribution in [0.3, 0.4) is 0 Å². The van der Waals surface area contributed by atoms with Crippen LogP contribution >= 0.6 is 11.3 Å². The fourth-order valence-corrected chi connectivity index (χ4v) is 2.93. The molecule has 122 valence electrons. The molecule has 1 aliphatic heterocycles. The number of hydrogen-bond donors (Lipinski definition) is 0. The maximum absolute atomic E-state index is 12.3. The number of amides is 1. The lowest BCUT2D eigenvalue weighted by molar-refractivity contribution is -0.0504. The van der Waals surface area contributed by atoms with Crippen molar-refractivity contribution in [2.75, 3.05) is 19.7 Å². The molecule has 1 fully saturated rings. The fourth-order valence-electron chi connectivity index (χ4n) is 2.41. The molecule has 2 aromatic rings. The molecular weight excluding hydrogens is 326 g/mol. The molecule has 0 bridgehead atoms. The number of benzene rings is 1. The summed E-state index contributed by atoms with van der Waals surface area (Å²) in [7, 11) is 0. The van der Waals surface area contributed by atoms with Crippen molar-refractivity contribution in [1.82, 2.24) is 9.88 Å². The van der Waals surface area contributed by atoms with E-state index < -0.39 is 6.61 Å². The molecule has 0 spiro atoms. The number of thiazole rings is 1. The van der Waals surface area contributed by atoms with Crippen molar-refractivity contribution in [3.8, 4) is 5.75 Å². The zero-order valence-corrected chi connectivity index (χ0v) is 12.8. The highest BCUT2D eigenvalue weighted by Crippen LogP contribution is 2.26. The number of nitrogens with zero attached hydrogens (tertiary/aromatic N) is 2. The van der Waals surface area contributed by atoms with Crippen LogP contribution in [0.2, 0.25) is 0 Å². The summed E-state index contributed by atoms with van der Waals surface area (Å²) in [6.45, 7) is -1.69. The van der Waals surface area contributed by atoms with Crippen molar-refractivity contribution in [3.63, 3.8) is 0 Å². The van der Waals surface area contributed by atoms with Gasteiger partial charge in [-0.1, -0.05) is 12.1 Å². The van der Waals surface area contributed by atoms with E-state index in [-0.39, 0.29) is 17.8 Å². The molecule has 0 aliphatic carbocycles. The Morgan fingerprint density at radius 2 is 2.35 bits per heavy atom. The van der Waals surface area contributed by atoms with Crippen LogP contribution in [0.15, 0.2) is 35.2 Å². The maximum atomic E-state index is 12.3. The van der Waals surface area contributed by atoms with Crippen LogP contribution in [0.1, 0.15) is 22.2 Å². The van der Waals surface area contributed by atoms with Crippen LogP contribution in [0.25, 0.3) is 0 Å². The summed E-state index contributed by atoms with van der Waals surface area (Å²) in [6, 6.07) is 6.35. The topological polar surface area (TPSA) is 51.7 Å². The third kappa shape index (κ3) is 3.83. The lowest BCUT2D eigenvalue weighted by Crippen LogP contribution is -2.42. The van der Waals surface area contributed by atoms with Crippen molar-refractivity contribution < 1.29 is 23.0 Å². The van der Waals surface area contributed by atoms with Gasteiger partial charge in [-0.15, -0.1) is 11.3 Å². The number of rotatable bonds is 4. The molecule has 5 nitrogen and oxygen atoms in total. The number of alkyl halides is 2. The average molecular weight is 340 g/mol. The van der Waals surface area contributed by atoms with Crippen molar-refractivity contribution in [2.45, 2.75) is 12.7 Å². The number of aromatic nitrogens is 1. The predicted molar refractivity (Wildman–Crippen MR) is 79.8 cm³/mol. The number of hydrogen-bond acceptors (Lipinski definition) is 5. The summed E-state index contributed by atoms with van der Waals surface area (Å²) in [5.74, 6) is -0.0800. The van der Waals surface area contributed by atoms with Gasteiger partial charge in [-0.05, 0) is 17.7 Å². The summed E-state index contributed by atoms with van der Waals surface area (Å²) in [4.78, 5) is 18.0. The minimum absolute atomic E-state index is 0.0732. The molecule has 1 aromatic heterocycles. The first kappa shape index (κ1) is 15.8. The van der Waals surface area contributed by atoms with E-state index >= 15 is 0 Å². The lowest BCUT2D eigenvalue weighted by atomic mass is 10.1. The van der Waals surface area contributed by atoms with Gasteiger partial charge in [0.2, 0.25) is 0 Å². The smallest absolute Gasteiger partial charge is 0.387 e. The Hall–Kier alpha value is -2.06. The average Bonchev–Trinajstić information content (AvgIpc) is 3.08. The first-order chi connectivity index (χ1) is 11.1. The molecule has 8 heteroatoms. The second-order valence-corrected chi connectivity index (χ2v) is 5.65. The van der Waals surface area contributed by atoms with E-state index in [9.17, 15) is 13.6 Å². The molecule has 1 amide bonds. The molecule has 1 atom stereocenters. The summed E-state index contributed by atoms with van der Waals surface area (Å²) in [6.07, 6.45) is -0.382. The highest BCUT2D eigenvalue weighted by Gasteiger charge is 2.27. The van der Waals surface area contributed by atoms with Crippen LogP contribution < -0.4 is 4.74 Å². The van der Waals surface area contributed by atoms with Gasteiger partial charge in [0.25, 0.3) is 5.91 Å². The third-order valence-electron chi connectivity index (χ3n) is 3.46. The van der Waals surface area contributed by atoms with Crippen LogP contribution in [0.4, 0.5) is 8.78 Å². The molecule has 0 unspecified atom stereocenters. The number of halogens is 2. The molecule has 0 N–H and O–H groups in total. The second-order valence-electron chi connectivity index (χ2n) is 4.94. The normalized spacial score (nSPS) is 18.2. The van der Waals surface area contributed by atoms with Crippen LogP contribution in [-0.2, 0) is 4.74 Å². The SMILES string of the molecule is O=C(c1cscn1)N1CCO[C@@H](c2cccc(OC(F)F)c2)C1. The Morgan fingerprint density at radius 1 is 1.48 bits per heavy atom. The van der Waals surface area contributed by atoms with Crippen LogP contribution in [0, 0.1) is 0 Å². The zero-order valence-electron chi connectivity index (χ0n) is 12.0. The number of morpholine rings is 1. The molecule has 0 saturated carbocycles. The molecular formula is C15H14F2N2O3S. The molecule has 3 rings (SSSR count). The van der Waals surface area contributed by atoms with Crippen molar-refractivity contribution in [1.29, 1.82) is 0 Å². The Balaban J connectivity index is 1.72. The number of carbonyl (C=O) groups is 1. The van der Waals surface area contributed by atoms with Crippen LogP contribution in [0.5, 0.6) is 5.75 Å². The van der Waals surface area contributed by atoms with E-state index in [1.165, 1.54) is 23.5 Å². The Morgan fingerprint density at radius 3 is 3.09 bits per heavy atom. The zero-order chi connectivity index (χ0) is 16.2. The minimum atomic E-state index is -2.87. The molecule has 23 heavy (non-hydrogen) atoms. The van der Waals surface area contributed by atoms with Gasteiger partial charge in [0.15, 0.2) is 0 Å². The van der Waals surface area contributed by atoms with Gasteiger partial charge in [0, 0.05) is 11.9 Å². The minimum Gasteiger partial charge on any atom is -0.435 e. The quantitative estimate of drug-likeness (QED) is 0.859. The van der Waals surface area contributed by atoms with Gasteiger partial charge in [0.1, 0.15) is 17.5 Å². The van der Waals surface area contributed by atoms with E-state index in [1.54, 1.807) is 27.9 Å². The molecule has 0 radical (unpaired) electrons. The Labute approximate surface area is 135 Å². The van der Waals surface area contributed by atoms with Gasteiger partial charge in [-0.25, -0.2) is 4.98 Å². The number of carbonyl (C=O) groups excluding carboxylic acids is 1. The summed E-state index contributed by atoms with van der Waals surface area (Å²) in [5, 5.41) is 1.70. The van der Waals surface area contributed by atoms with Crippen molar-refractivity contribution in [2.24, 2.45) is 0 Å². The van der Waals surface area contributed by atoms with Crippen molar-refractivity contribution in [3.05, 3.63) is 46.4 Å². The standard InChI is InChI=1S/C15H14F2N2O3S/c16-15(17)22-11-3-1-2-10(6-11)13-7-19(4-5-21-13)14(20)12-8-23-9-18-12/h1-3,6,8-9,13,15H,4-5,7H2/t13-/m1/s1. The van der Waals surface area contributed by atoms with Crippen molar-refractivity contribution >= 4 is 17.2 Å². The van der Waals surface area contributed by atoms with Crippen LogP contribution in [-0.4, -0.2) is 42.1 Å².